The molecule has 0 saturated carbocycles. The van der Waals surface area contributed by atoms with E-state index < -0.39 is 35.5 Å². The molecule has 1 fully saturated rings. The van der Waals surface area contributed by atoms with E-state index in [1.165, 1.54) is 6.20 Å². The first-order chi connectivity index (χ1) is 8.99. The third-order valence-electron chi connectivity index (χ3n) is 3.21. The molecule has 8 heteroatoms. The number of rotatable bonds is 2. The summed E-state index contributed by atoms with van der Waals surface area (Å²) in [4.78, 5) is 25.2. The number of aromatic amines is 1. The fourth-order valence-corrected chi connectivity index (χ4v) is 2.13. The molecule has 1 aromatic heterocycles. The second-order valence-corrected chi connectivity index (χ2v) is 4.46. The lowest BCUT2D eigenvalue weighted by atomic mass is 9.98. The topological polar surface area (TPSA) is 134 Å². The molecular formula is C11H14N4O4. The van der Waals surface area contributed by atoms with Gasteiger partial charge in [-0.1, -0.05) is 0 Å². The molecule has 1 saturated heterocycles. The van der Waals surface area contributed by atoms with Gasteiger partial charge < -0.3 is 15.6 Å². The normalized spacial score (nSPS) is 30.2. The number of hydrogen-bond acceptors (Lipinski definition) is 6. The van der Waals surface area contributed by atoms with Crippen LogP contribution in [0.25, 0.3) is 0 Å². The highest BCUT2D eigenvalue weighted by atomic mass is 16.5. The molecule has 0 aromatic carbocycles. The molecule has 102 valence electrons. The highest BCUT2D eigenvalue weighted by Crippen LogP contribution is 2.31. The van der Waals surface area contributed by atoms with Gasteiger partial charge in [0.1, 0.15) is 6.10 Å². The van der Waals surface area contributed by atoms with Crippen LogP contribution in [-0.2, 0) is 4.74 Å². The van der Waals surface area contributed by atoms with E-state index >= 15 is 0 Å². The van der Waals surface area contributed by atoms with Gasteiger partial charge in [-0.25, -0.2) is 4.79 Å². The lowest BCUT2D eigenvalue weighted by Crippen LogP contribution is -2.40. The highest BCUT2D eigenvalue weighted by Gasteiger charge is 2.43. The number of aliphatic hydroxyl groups is 1. The van der Waals surface area contributed by atoms with E-state index in [9.17, 15) is 9.59 Å². The Kier molecular flexibility index (Phi) is 3.53. The van der Waals surface area contributed by atoms with Crippen molar-refractivity contribution in [2.24, 2.45) is 11.7 Å². The van der Waals surface area contributed by atoms with Crippen LogP contribution in [0.2, 0.25) is 0 Å². The minimum atomic E-state index is -0.884. The average molecular weight is 266 g/mol. The minimum Gasteiger partial charge on any atom is -0.394 e. The van der Waals surface area contributed by atoms with Gasteiger partial charge in [0.2, 0.25) is 0 Å². The number of ether oxygens (including phenoxy) is 1. The number of aromatic nitrogens is 2. The van der Waals surface area contributed by atoms with Crippen LogP contribution in [0.5, 0.6) is 0 Å². The number of aliphatic hydroxyl groups excluding tert-OH is 1. The van der Waals surface area contributed by atoms with Crippen LogP contribution in [0.1, 0.15) is 11.8 Å². The lowest BCUT2D eigenvalue weighted by molar-refractivity contribution is -0.0316. The van der Waals surface area contributed by atoms with Crippen LogP contribution in [-0.4, -0.2) is 33.4 Å². The number of hydrogen-bond donors (Lipinski definition) is 3. The fourth-order valence-electron chi connectivity index (χ4n) is 2.13. The Morgan fingerprint density at radius 2 is 2.32 bits per heavy atom. The molecule has 1 aromatic rings. The molecule has 19 heavy (non-hydrogen) atoms. The van der Waals surface area contributed by atoms with Crippen molar-refractivity contribution >= 4 is 0 Å². The van der Waals surface area contributed by atoms with Crippen LogP contribution in [0.4, 0.5) is 0 Å². The zero-order valence-electron chi connectivity index (χ0n) is 10.2. The van der Waals surface area contributed by atoms with Gasteiger partial charge in [0.25, 0.3) is 5.56 Å². The van der Waals surface area contributed by atoms with Crippen LogP contribution < -0.4 is 17.0 Å². The van der Waals surface area contributed by atoms with Crippen molar-refractivity contribution in [3.8, 4) is 6.07 Å². The number of H-pyrrole nitrogens is 1. The van der Waals surface area contributed by atoms with Crippen LogP contribution >= 0.6 is 0 Å². The highest BCUT2D eigenvalue weighted by molar-refractivity contribution is 5.06. The molecule has 8 nitrogen and oxygen atoms in total. The Labute approximate surface area is 108 Å². The molecule has 2 rings (SSSR count). The molecule has 1 aliphatic heterocycles. The van der Waals surface area contributed by atoms with Crippen molar-refractivity contribution in [3.05, 3.63) is 32.6 Å². The lowest BCUT2D eigenvalue weighted by Gasteiger charge is -2.18. The van der Waals surface area contributed by atoms with Crippen molar-refractivity contribution < 1.29 is 9.84 Å². The zero-order valence-corrected chi connectivity index (χ0v) is 10.2. The summed E-state index contributed by atoms with van der Waals surface area (Å²) in [5, 5.41) is 18.1. The molecule has 0 radical (unpaired) electrons. The van der Waals surface area contributed by atoms with E-state index in [4.69, 9.17) is 20.8 Å². The predicted molar refractivity (Wildman–Crippen MR) is 64.1 cm³/mol. The summed E-state index contributed by atoms with van der Waals surface area (Å²) in [5.41, 5.74) is 5.06. The fraction of sp³-hybridized carbons (Fsp3) is 0.545. The summed E-state index contributed by atoms with van der Waals surface area (Å²) in [6.07, 6.45) is -0.297. The third kappa shape index (κ3) is 2.19. The number of nitriles is 1. The molecule has 0 amide bonds. The maximum atomic E-state index is 11.7. The molecule has 1 aliphatic rings. The largest absolute Gasteiger partial charge is 0.394 e. The predicted octanol–water partition coefficient (Wildman–Crippen LogP) is -1.80. The molecule has 4 atom stereocenters. The van der Waals surface area contributed by atoms with E-state index in [-0.39, 0.29) is 6.61 Å². The Balaban J connectivity index is 2.44. The van der Waals surface area contributed by atoms with Gasteiger partial charge in [-0.2, -0.15) is 5.26 Å². The first kappa shape index (κ1) is 13.5. The van der Waals surface area contributed by atoms with E-state index in [1.54, 1.807) is 6.92 Å². The Morgan fingerprint density at radius 3 is 2.84 bits per heavy atom. The van der Waals surface area contributed by atoms with Gasteiger partial charge >= 0.3 is 5.69 Å². The Bertz CT molecular complexity index is 629. The van der Waals surface area contributed by atoms with E-state index in [2.05, 4.69) is 4.98 Å². The van der Waals surface area contributed by atoms with Crippen LogP contribution in [0.3, 0.4) is 0 Å². The monoisotopic (exact) mass is 266 g/mol. The summed E-state index contributed by atoms with van der Waals surface area (Å²) in [5.74, 6) is -0.714. The maximum Gasteiger partial charge on any atom is 0.330 e. The van der Waals surface area contributed by atoms with E-state index in [1.807, 2.05) is 6.07 Å². The van der Waals surface area contributed by atoms with Crippen molar-refractivity contribution in [2.45, 2.75) is 25.3 Å². The smallest absolute Gasteiger partial charge is 0.330 e. The van der Waals surface area contributed by atoms with E-state index in [0.29, 0.717) is 5.56 Å². The van der Waals surface area contributed by atoms with Crippen molar-refractivity contribution in [3.63, 3.8) is 0 Å². The summed E-state index contributed by atoms with van der Waals surface area (Å²) >= 11 is 0. The SMILES string of the molecule is Cc1cn([C@@H]2O[C@H](CO)[C@@H](C#N)[C@H]2N)c(=O)[nH]c1=O. The van der Waals surface area contributed by atoms with Crippen molar-refractivity contribution in [2.75, 3.05) is 6.61 Å². The average Bonchev–Trinajstić information content (AvgIpc) is 2.70. The number of nitrogens with two attached hydrogens (primary N) is 1. The van der Waals surface area contributed by atoms with Gasteiger partial charge in [0, 0.05) is 11.8 Å². The number of nitrogens with one attached hydrogen (secondary N) is 1. The first-order valence-corrected chi connectivity index (χ1v) is 5.73. The van der Waals surface area contributed by atoms with E-state index in [0.717, 1.165) is 4.57 Å². The molecule has 2 heterocycles. The maximum absolute atomic E-state index is 11.7. The molecular weight excluding hydrogens is 252 g/mol. The first-order valence-electron chi connectivity index (χ1n) is 5.73. The Morgan fingerprint density at radius 1 is 1.63 bits per heavy atom. The van der Waals surface area contributed by atoms with Gasteiger partial charge in [-0.3, -0.25) is 14.3 Å². The van der Waals surface area contributed by atoms with Crippen molar-refractivity contribution in [1.82, 2.24) is 9.55 Å². The summed E-state index contributed by atoms with van der Waals surface area (Å²) < 4.78 is 6.57. The molecule has 0 aliphatic carbocycles. The second-order valence-electron chi connectivity index (χ2n) is 4.46. The molecule has 0 bridgehead atoms. The van der Waals surface area contributed by atoms with Gasteiger partial charge in [-0.05, 0) is 6.92 Å². The van der Waals surface area contributed by atoms with Gasteiger partial charge in [0.15, 0.2) is 6.23 Å². The number of nitrogens with zero attached hydrogens (tertiary/aromatic N) is 2. The summed E-state index contributed by atoms with van der Waals surface area (Å²) in [6.45, 7) is 1.18. The number of aryl methyl sites for hydroxylation is 1. The quantitative estimate of drug-likeness (QED) is 0.578. The van der Waals surface area contributed by atoms with Crippen LogP contribution in [0.15, 0.2) is 15.8 Å². The second kappa shape index (κ2) is 4.97. The van der Waals surface area contributed by atoms with Crippen LogP contribution in [0, 0.1) is 24.2 Å². The Hall–Kier alpha value is -1.95. The van der Waals surface area contributed by atoms with Gasteiger partial charge in [0.05, 0.1) is 24.6 Å². The van der Waals surface area contributed by atoms with Crippen molar-refractivity contribution in [1.29, 1.82) is 5.26 Å². The summed E-state index contributed by atoms with van der Waals surface area (Å²) in [6, 6.07) is 1.20. The third-order valence-corrected chi connectivity index (χ3v) is 3.21. The molecule has 0 spiro atoms. The zero-order chi connectivity index (χ0) is 14.2. The molecule has 4 N–H and O–H groups in total. The molecule has 0 unspecified atom stereocenters. The standard InChI is InChI=1S/C11H14N4O4/c1-5-3-15(11(18)14-9(5)17)10-8(13)6(2-12)7(4-16)19-10/h3,6-8,10,16H,4,13H2,1H3,(H,14,17,18)/t6-,7-,8-,10-/m1/s1. The van der Waals surface area contributed by atoms with Gasteiger partial charge in [-0.15, -0.1) is 0 Å². The minimum absolute atomic E-state index is 0.330. The summed E-state index contributed by atoms with van der Waals surface area (Å²) in [7, 11) is 0.